The van der Waals surface area contributed by atoms with Gasteiger partial charge in [-0.05, 0) is 54.9 Å². The Morgan fingerprint density at radius 2 is 1.41 bits per heavy atom. The maximum absolute atomic E-state index is 12.5. The molecule has 1 N–H and O–H groups in total. The van der Waals surface area contributed by atoms with Crippen molar-refractivity contribution in [2.24, 2.45) is 0 Å². The van der Waals surface area contributed by atoms with Gasteiger partial charge in [-0.25, -0.2) is 9.59 Å². The van der Waals surface area contributed by atoms with Crippen LogP contribution in [0.25, 0.3) is 0 Å². The van der Waals surface area contributed by atoms with E-state index in [1.54, 1.807) is 62.6 Å². The minimum atomic E-state index is -0.910. The molecule has 0 spiro atoms. The Kier molecular flexibility index (Phi) is 9.62. The first-order valence-electron chi connectivity index (χ1n) is 9.65. The Morgan fingerprint density at radius 3 is 1.79 bits per heavy atom. The number of hydrogen-bond donors (Lipinski definition) is 1. The third-order valence-corrected chi connectivity index (χ3v) is 3.71. The third kappa shape index (κ3) is 10.7. The molecule has 0 radical (unpaired) electrons. The van der Waals surface area contributed by atoms with Gasteiger partial charge in [0, 0.05) is 27.6 Å². The summed E-state index contributed by atoms with van der Waals surface area (Å²) in [4.78, 5) is 51.7. The van der Waals surface area contributed by atoms with Crippen LogP contribution in [-0.2, 0) is 23.9 Å². The van der Waals surface area contributed by atoms with E-state index in [4.69, 9.17) is 9.47 Å². The summed E-state index contributed by atoms with van der Waals surface area (Å²) in [6, 6.07) is -1.74. The lowest BCUT2D eigenvalue weighted by molar-refractivity contribution is -0.163. The molecule has 0 aromatic carbocycles. The van der Waals surface area contributed by atoms with Gasteiger partial charge in [-0.2, -0.15) is 0 Å². The lowest BCUT2D eigenvalue weighted by atomic mass is 10.1. The Balaban J connectivity index is 5.29. The van der Waals surface area contributed by atoms with Crippen molar-refractivity contribution in [1.82, 2.24) is 15.1 Å². The van der Waals surface area contributed by atoms with Crippen LogP contribution in [0.15, 0.2) is 0 Å². The Hall–Kier alpha value is -2.32. The fraction of sp³-hybridized carbons (Fsp3) is 0.800. The quantitative estimate of drug-likeness (QED) is 0.637. The van der Waals surface area contributed by atoms with Crippen LogP contribution in [0.3, 0.4) is 0 Å². The molecular weight excluding hydrogens is 378 g/mol. The van der Waals surface area contributed by atoms with Crippen LogP contribution >= 0.6 is 0 Å². The summed E-state index contributed by atoms with van der Waals surface area (Å²) in [5.41, 5.74) is -1.40. The molecule has 0 bridgehead atoms. The number of ether oxygens (including phenoxy) is 2. The van der Waals surface area contributed by atoms with E-state index in [1.165, 1.54) is 16.7 Å². The van der Waals surface area contributed by atoms with Crippen LogP contribution in [0.2, 0.25) is 0 Å². The second kappa shape index (κ2) is 10.5. The van der Waals surface area contributed by atoms with Crippen LogP contribution in [0, 0.1) is 0 Å². The van der Waals surface area contributed by atoms with Gasteiger partial charge in [-0.1, -0.05) is 0 Å². The number of esters is 1. The monoisotopic (exact) mass is 415 g/mol. The van der Waals surface area contributed by atoms with E-state index in [1.807, 2.05) is 0 Å². The largest absolute Gasteiger partial charge is 0.458 e. The molecule has 9 nitrogen and oxygen atoms in total. The Bertz CT molecular complexity index is 604. The highest BCUT2D eigenvalue weighted by atomic mass is 16.6. The van der Waals surface area contributed by atoms with E-state index in [2.05, 4.69) is 5.32 Å². The van der Waals surface area contributed by atoms with Crippen molar-refractivity contribution >= 4 is 23.9 Å². The topological polar surface area (TPSA) is 105 Å². The zero-order valence-corrected chi connectivity index (χ0v) is 19.4. The summed E-state index contributed by atoms with van der Waals surface area (Å²) >= 11 is 0. The number of likely N-dealkylation sites (N-methyl/N-ethyl adjacent to an activating group) is 1. The molecule has 0 aliphatic heterocycles. The van der Waals surface area contributed by atoms with Crippen LogP contribution in [-0.4, -0.2) is 77.6 Å². The fourth-order valence-corrected chi connectivity index (χ4v) is 2.43. The van der Waals surface area contributed by atoms with Gasteiger partial charge in [0.05, 0.1) is 0 Å². The summed E-state index contributed by atoms with van der Waals surface area (Å²) in [6.07, 6.45) is -0.615. The standard InChI is InChI=1S/C20H37N3O6/c1-13(17(26)28-19(3,4)5)23(14(2)24)12-11-15(16(25)22(9)10)21-18(27)29-20(6,7)8/h13,15H,11-12H2,1-10H3,(H,21,27)/t13-,15+/m1/s1. The predicted molar refractivity (Wildman–Crippen MR) is 109 cm³/mol. The molecule has 29 heavy (non-hydrogen) atoms. The Morgan fingerprint density at radius 1 is 0.931 bits per heavy atom. The fourth-order valence-electron chi connectivity index (χ4n) is 2.43. The molecule has 0 aliphatic rings. The van der Waals surface area contributed by atoms with Gasteiger partial charge in [0.15, 0.2) is 0 Å². The van der Waals surface area contributed by atoms with E-state index < -0.39 is 35.3 Å². The van der Waals surface area contributed by atoms with Crippen molar-refractivity contribution in [3.8, 4) is 0 Å². The van der Waals surface area contributed by atoms with Gasteiger partial charge in [0.2, 0.25) is 11.8 Å². The molecule has 0 aliphatic carbocycles. The minimum Gasteiger partial charge on any atom is -0.458 e. The first-order chi connectivity index (χ1) is 12.9. The maximum Gasteiger partial charge on any atom is 0.408 e. The molecule has 168 valence electrons. The van der Waals surface area contributed by atoms with Gasteiger partial charge < -0.3 is 24.6 Å². The number of nitrogens with zero attached hydrogens (tertiary/aromatic N) is 2. The van der Waals surface area contributed by atoms with Gasteiger partial charge in [-0.3, -0.25) is 9.59 Å². The molecule has 0 aromatic heterocycles. The van der Waals surface area contributed by atoms with Crippen LogP contribution in [0.4, 0.5) is 4.79 Å². The second-order valence-corrected chi connectivity index (χ2v) is 9.14. The van der Waals surface area contributed by atoms with Crippen LogP contribution < -0.4 is 5.32 Å². The summed E-state index contributed by atoms with van der Waals surface area (Å²) in [7, 11) is 3.14. The number of nitrogens with one attached hydrogen (secondary N) is 1. The lowest BCUT2D eigenvalue weighted by Crippen LogP contribution is -2.51. The SMILES string of the molecule is CC(=O)N(CC[C@H](NC(=O)OC(C)(C)C)C(=O)N(C)C)[C@H](C)C(=O)OC(C)(C)C. The molecule has 0 fully saturated rings. The molecule has 0 aromatic rings. The first-order valence-corrected chi connectivity index (χ1v) is 9.65. The number of carbonyl (C=O) groups is 4. The summed E-state index contributed by atoms with van der Waals surface area (Å²) in [5.74, 6) is -1.22. The lowest BCUT2D eigenvalue weighted by Gasteiger charge is -2.31. The number of alkyl carbamates (subject to hydrolysis) is 1. The average molecular weight is 416 g/mol. The van der Waals surface area contributed by atoms with E-state index in [-0.39, 0.29) is 24.8 Å². The van der Waals surface area contributed by atoms with Crippen LogP contribution in [0.1, 0.15) is 61.8 Å². The molecule has 0 rings (SSSR count). The average Bonchev–Trinajstić information content (AvgIpc) is 2.48. The zero-order chi connectivity index (χ0) is 23.2. The minimum absolute atomic E-state index is 0.0792. The molecular formula is C20H37N3O6. The van der Waals surface area contributed by atoms with Gasteiger partial charge >= 0.3 is 12.1 Å². The second-order valence-electron chi connectivity index (χ2n) is 9.14. The highest BCUT2D eigenvalue weighted by molar-refractivity contribution is 5.86. The van der Waals surface area contributed by atoms with Crippen LogP contribution in [0.5, 0.6) is 0 Å². The summed E-state index contributed by atoms with van der Waals surface area (Å²) < 4.78 is 10.6. The van der Waals surface area contributed by atoms with E-state index in [0.717, 1.165) is 0 Å². The maximum atomic E-state index is 12.5. The molecule has 3 amide bonds. The van der Waals surface area contributed by atoms with E-state index in [9.17, 15) is 19.2 Å². The van der Waals surface area contributed by atoms with E-state index >= 15 is 0 Å². The van der Waals surface area contributed by atoms with Gasteiger partial charge in [-0.15, -0.1) is 0 Å². The number of amides is 3. The first kappa shape index (κ1) is 26.7. The summed E-state index contributed by atoms with van der Waals surface area (Å²) in [5, 5.41) is 2.55. The zero-order valence-electron chi connectivity index (χ0n) is 19.4. The van der Waals surface area contributed by atoms with Crippen molar-refractivity contribution in [2.75, 3.05) is 20.6 Å². The Labute approximate surface area is 174 Å². The van der Waals surface area contributed by atoms with Crippen molar-refractivity contribution in [3.05, 3.63) is 0 Å². The number of carbonyl (C=O) groups excluding carboxylic acids is 4. The number of rotatable bonds is 7. The molecule has 0 heterocycles. The van der Waals surface area contributed by atoms with Crippen molar-refractivity contribution in [3.63, 3.8) is 0 Å². The third-order valence-electron chi connectivity index (χ3n) is 3.71. The van der Waals surface area contributed by atoms with Crippen molar-refractivity contribution in [1.29, 1.82) is 0 Å². The molecule has 9 heteroatoms. The smallest absolute Gasteiger partial charge is 0.408 e. The molecule has 2 atom stereocenters. The van der Waals surface area contributed by atoms with Gasteiger partial charge in [0.25, 0.3) is 0 Å². The highest BCUT2D eigenvalue weighted by Gasteiger charge is 2.31. The van der Waals surface area contributed by atoms with E-state index in [0.29, 0.717) is 0 Å². The molecule has 0 saturated heterocycles. The van der Waals surface area contributed by atoms with Crippen molar-refractivity contribution < 1.29 is 28.7 Å². The highest BCUT2D eigenvalue weighted by Crippen LogP contribution is 2.13. The normalized spacial score (nSPS) is 13.7. The molecule has 0 unspecified atom stereocenters. The van der Waals surface area contributed by atoms with Crippen molar-refractivity contribution in [2.45, 2.75) is 85.1 Å². The summed E-state index contributed by atoms with van der Waals surface area (Å²) in [6.45, 7) is 13.4. The molecule has 0 saturated carbocycles. The van der Waals surface area contributed by atoms with Gasteiger partial charge in [0.1, 0.15) is 23.3 Å². The predicted octanol–water partition coefficient (Wildman–Crippen LogP) is 1.94. The number of hydrogen-bond acceptors (Lipinski definition) is 6.